The number of nitrogens with zero attached hydrogens (tertiary/aromatic N) is 9. The summed E-state index contributed by atoms with van der Waals surface area (Å²) < 4.78 is 14.2. The molecule has 0 bridgehead atoms. The van der Waals surface area contributed by atoms with E-state index >= 15 is 0 Å². The smallest absolute Gasteiger partial charge is 0.240 e. The summed E-state index contributed by atoms with van der Waals surface area (Å²) in [6, 6.07) is 126. The second-order valence-corrected chi connectivity index (χ2v) is 26.6. The molecule has 0 aliphatic carbocycles. The minimum Gasteiger partial charge on any atom is -0.309 e. The predicted octanol–water partition coefficient (Wildman–Crippen LogP) is 23.5. The molecule has 15 aromatic carbocycles. The molecule has 102 heavy (non-hydrogen) atoms. The Kier molecular flexibility index (Phi) is 12.0. The fraction of sp³-hybridized carbons (Fsp3) is 0. The average Bonchev–Trinajstić information content (AvgIpc) is 1.57. The quantitative estimate of drug-likeness (QED) is 0.145. The van der Waals surface area contributed by atoms with Crippen LogP contribution in [0.4, 0.5) is 0 Å². The van der Waals surface area contributed by atoms with Crippen molar-refractivity contribution in [1.29, 1.82) is 0 Å². The van der Waals surface area contributed by atoms with Gasteiger partial charge in [-0.3, -0.25) is 9.13 Å². The molecule has 0 saturated heterocycles. The van der Waals surface area contributed by atoms with Gasteiger partial charge in [-0.15, -0.1) is 0 Å². The highest BCUT2D eigenvalue weighted by molar-refractivity contribution is 6.16. The van der Waals surface area contributed by atoms with Crippen molar-refractivity contribution in [3.63, 3.8) is 0 Å². The van der Waals surface area contributed by atoms with Gasteiger partial charge in [0, 0.05) is 87.0 Å². The van der Waals surface area contributed by atoms with E-state index in [0.29, 0.717) is 17.7 Å². The van der Waals surface area contributed by atoms with Gasteiger partial charge in [0.25, 0.3) is 0 Å². The second kappa shape index (κ2) is 21.8. The third-order valence-corrected chi connectivity index (χ3v) is 21.3. The van der Waals surface area contributed by atoms with Gasteiger partial charge in [0.05, 0.1) is 83.3 Å². The molecule has 0 aliphatic rings. The molecule has 9 nitrogen and oxygen atoms in total. The summed E-state index contributed by atoms with van der Waals surface area (Å²) in [6.45, 7) is 0. The van der Waals surface area contributed by atoms with Crippen LogP contribution in [0.3, 0.4) is 0 Å². The van der Waals surface area contributed by atoms with Gasteiger partial charge in [0.2, 0.25) is 11.9 Å². The van der Waals surface area contributed by atoms with Gasteiger partial charge in [-0.05, 0) is 126 Å². The van der Waals surface area contributed by atoms with Crippen LogP contribution in [-0.2, 0) is 0 Å². The summed E-state index contributed by atoms with van der Waals surface area (Å²) in [5.41, 5.74) is 22.9. The van der Waals surface area contributed by atoms with E-state index in [9.17, 15) is 0 Å². The number of hydrogen-bond acceptors (Lipinski definition) is 3. The minimum absolute atomic E-state index is 0.518. The Morgan fingerprint density at radius 3 is 0.863 bits per heavy atom. The maximum atomic E-state index is 5.63. The van der Waals surface area contributed by atoms with Crippen LogP contribution in [0.5, 0.6) is 0 Å². The first-order chi connectivity index (χ1) is 50.6. The van der Waals surface area contributed by atoms with Crippen molar-refractivity contribution in [3.05, 3.63) is 346 Å². The van der Waals surface area contributed by atoms with Crippen molar-refractivity contribution in [1.82, 2.24) is 42.4 Å². The summed E-state index contributed by atoms with van der Waals surface area (Å²) in [5.74, 6) is 1.60. The van der Waals surface area contributed by atoms with Crippen LogP contribution in [-0.4, -0.2) is 42.4 Å². The Labute approximate surface area is 583 Å². The second-order valence-electron chi connectivity index (χ2n) is 26.6. The zero-order valence-corrected chi connectivity index (χ0v) is 54.9. The number of aromatic nitrogens is 9. The number of benzene rings is 15. The van der Waals surface area contributed by atoms with Crippen molar-refractivity contribution in [2.45, 2.75) is 0 Å². The Bertz CT molecular complexity index is 7130. The Hall–Kier alpha value is -13.9. The van der Waals surface area contributed by atoms with Crippen LogP contribution in [0.15, 0.2) is 346 Å². The lowest BCUT2D eigenvalue weighted by molar-refractivity contribution is 0.892. The third-order valence-electron chi connectivity index (χ3n) is 21.3. The van der Waals surface area contributed by atoms with Gasteiger partial charge in [0.15, 0.2) is 5.82 Å². The highest BCUT2D eigenvalue weighted by Gasteiger charge is 2.26. The van der Waals surface area contributed by atoms with Crippen molar-refractivity contribution in [2.24, 2.45) is 0 Å². The van der Waals surface area contributed by atoms with E-state index in [4.69, 9.17) is 15.0 Å². The fourth-order valence-corrected chi connectivity index (χ4v) is 17.0. The molecule has 0 aliphatic heterocycles. The first kappa shape index (κ1) is 56.2. The van der Waals surface area contributed by atoms with Crippen molar-refractivity contribution < 1.29 is 0 Å². The normalized spacial score (nSPS) is 12.1. The van der Waals surface area contributed by atoms with E-state index in [1.54, 1.807) is 0 Å². The number of fused-ring (bicyclic) bond motifs is 18. The van der Waals surface area contributed by atoms with Crippen LogP contribution in [0.2, 0.25) is 0 Å². The molecule has 474 valence electrons. The van der Waals surface area contributed by atoms with E-state index < -0.39 is 0 Å². The zero-order valence-electron chi connectivity index (χ0n) is 54.9. The largest absolute Gasteiger partial charge is 0.309 e. The van der Waals surface area contributed by atoms with E-state index in [2.05, 4.69) is 373 Å². The molecule has 0 amide bonds. The summed E-state index contributed by atoms with van der Waals surface area (Å²) in [4.78, 5) is 16.8. The maximum absolute atomic E-state index is 5.63. The fourth-order valence-electron chi connectivity index (χ4n) is 17.0. The average molecular weight is 1300 g/mol. The molecule has 22 rings (SSSR count). The van der Waals surface area contributed by atoms with Crippen LogP contribution < -0.4 is 0 Å². The summed E-state index contributed by atoms with van der Waals surface area (Å²) >= 11 is 0. The van der Waals surface area contributed by atoms with Gasteiger partial charge < -0.3 is 18.3 Å². The van der Waals surface area contributed by atoms with Gasteiger partial charge in [0.1, 0.15) is 0 Å². The maximum Gasteiger partial charge on any atom is 0.240 e. The molecule has 9 heteroatoms. The molecular weight excluding hydrogens is 1240 g/mol. The molecule has 0 fully saturated rings. The Morgan fingerprint density at radius 1 is 0.167 bits per heavy atom. The standard InChI is InChI=1S/C93H57N9/c1-13-37-76-69(33-1)72-52-49-59(56-90(72)97(76)60-51-54-88-75(57-60)71-35-10-20-44-83(71)100(88)82-43-19-7-30-66(82)63-27-4-16-40-79(63)98-77-38-14-2-25-61(77)62-26-3-15-39-78(62)98)58-50-53-89-74(55-58)70-34-11-23-47-86(70)102(89)93-95-91(94-92(96-93)101-84-45-21-8-31-67(84)68-32-9-22-46-85(68)101)73-36-12-24-48-87(73)99-80-41-17-5-28-64(80)65-29-6-18-42-81(65)99/h1-57H. The van der Waals surface area contributed by atoms with Crippen LogP contribution in [0.1, 0.15) is 0 Å². The SMILES string of the molecule is c1ccc(-n2c3ccccc3c3ccccc32)c(-c2nc(-n3c4ccccc4c4ccccc43)nc(-n3c4ccccc4c4cc(-c5ccc6c7ccccc7n(-c7ccc8c(c7)c7ccccc7n8-c7ccccc7-c7ccccc7-n7c8ccccc8c8ccccc87)c6c5)ccc43)n2)c1. The molecular formula is C93H57N9. The van der Waals surface area contributed by atoms with Crippen molar-refractivity contribution in [2.75, 3.05) is 0 Å². The minimum atomic E-state index is 0.518. The number of hydrogen-bond donors (Lipinski definition) is 0. The van der Waals surface area contributed by atoms with Crippen molar-refractivity contribution in [3.8, 4) is 68.3 Å². The Balaban J connectivity index is 0.704. The molecule has 7 heterocycles. The summed E-state index contributed by atoms with van der Waals surface area (Å²) in [7, 11) is 0. The molecule has 0 spiro atoms. The van der Waals surface area contributed by atoms with Crippen LogP contribution in [0, 0.1) is 0 Å². The van der Waals surface area contributed by atoms with Crippen LogP contribution >= 0.6 is 0 Å². The predicted molar refractivity (Wildman–Crippen MR) is 422 cm³/mol. The van der Waals surface area contributed by atoms with Crippen molar-refractivity contribution >= 4 is 131 Å². The number of rotatable bonds is 9. The van der Waals surface area contributed by atoms with Gasteiger partial charge in [-0.25, -0.2) is 0 Å². The van der Waals surface area contributed by atoms with E-state index in [1.165, 1.54) is 54.1 Å². The molecule has 0 atom stereocenters. The van der Waals surface area contributed by atoms with E-state index in [0.717, 1.165) is 127 Å². The lowest BCUT2D eigenvalue weighted by Crippen LogP contribution is -2.11. The lowest BCUT2D eigenvalue weighted by atomic mass is 10.0. The van der Waals surface area contributed by atoms with E-state index in [-0.39, 0.29) is 0 Å². The van der Waals surface area contributed by atoms with Gasteiger partial charge in [-0.1, -0.05) is 231 Å². The summed E-state index contributed by atoms with van der Waals surface area (Å²) in [5, 5.41) is 14.0. The molecule has 0 unspecified atom stereocenters. The lowest BCUT2D eigenvalue weighted by Gasteiger charge is -2.18. The van der Waals surface area contributed by atoms with Gasteiger partial charge in [-0.2, -0.15) is 15.0 Å². The number of para-hydroxylation sites is 12. The topological polar surface area (TPSA) is 68.2 Å². The molecule has 0 saturated carbocycles. The van der Waals surface area contributed by atoms with Gasteiger partial charge >= 0.3 is 0 Å². The highest BCUT2D eigenvalue weighted by atomic mass is 15.3. The Morgan fingerprint density at radius 2 is 0.441 bits per heavy atom. The third kappa shape index (κ3) is 8.12. The molecule has 22 aromatic rings. The zero-order chi connectivity index (χ0) is 66.7. The molecule has 7 aromatic heterocycles. The first-order valence-electron chi connectivity index (χ1n) is 34.8. The summed E-state index contributed by atoms with van der Waals surface area (Å²) in [6.07, 6.45) is 0. The first-order valence-corrected chi connectivity index (χ1v) is 34.8. The molecule has 0 radical (unpaired) electrons. The monoisotopic (exact) mass is 1300 g/mol. The van der Waals surface area contributed by atoms with Crippen LogP contribution in [0.25, 0.3) is 199 Å². The van der Waals surface area contributed by atoms with E-state index in [1.807, 2.05) is 0 Å². The molecule has 0 N–H and O–H groups in total. The highest BCUT2D eigenvalue weighted by Crippen LogP contribution is 2.45.